The number of hydrogen-bond donors (Lipinski definition) is 3. The molecule has 0 rings (SSSR count). The normalized spacial score (nSPS) is 11.9. The third-order valence-electron chi connectivity index (χ3n) is 1.81. The van der Waals surface area contributed by atoms with Gasteiger partial charge in [-0.25, -0.2) is 0 Å². The minimum atomic E-state index is -0.0167. The van der Waals surface area contributed by atoms with Gasteiger partial charge in [0.1, 0.15) is 0 Å². The Balaban J connectivity index is 3.25. The molecule has 0 aromatic heterocycles. The Bertz CT molecular complexity index is 240. The maximum Gasteiger partial charge on any atom is 0.217 e. The van der Waals surface area contributed by atoms with Crippen LogP contribution in [-0.2, 0) is 9.59 Å². The van der Waals surface area contributed by atoms with Crippen LogP contribution < -0.4 is 16.4 Å². The molecule has 0 aliphatic carbocycles. The molecule has 0 aromatic rings. The molecule has 0 saturated carbocycles. The minimum absolute atomic E-state index is 0.00680. The molecule has 0 radical (unpaired) electrons. The van der Waals surface area contributed by atoms with Crippen LogP contribution in [0.1, 0.15) is 20.3 Å². The van der Waals surface area contributed by atoms with Crippen molar-refractivity contribution < 1.29 is 9.59 Å². The Labute approximate surface area is 111 Å². The van der Waals surface area contributed by atoms with Gasteiger partial charge in [0.15, 0.2) is 0 Å². The lowest BCUT2D eigenvalue weighted by atomic mass is 10.3. The second-order valence-electron chi connectivity index (χ2n) is 3.58. The fraction of sp³-hybridized carbons (Fsp3) is 0.800. The molecule has 0 bridgehead atoms. The zero-order valence-electron chi connectivity index (χ0n) is 10.3. The molecule has 0 aromatic carbocycles. The molecule has 1 atom stereocenters. The number of carbonyl (C=O) groups is 2. The first-order valence-corrected chi connectivity index (χ1v) is 7.73. The summed E-state index contributed by atoms with van der Waals surface area (Å²) in [5.74, 6) is 3.00. The van der Waals surface area contributed by atoms with Crippen molar-refractivity contribution in [2.75, 3.05) is 23.3 Å². The van der Waals surface area contributed by atoms with E-state index in [9.17, 15) is 9.59 Å². The fourth-order valence-corrected chi connectivity index (χ4v) is 2.72. The summed E-state index contributed by atoms with van der Waals surface area (Å²) >= 11 is 3.29. The lowest BCUT2D eigenvalue weighted by Crippen LogP contribution is -2.26. The molecule has 0 spiro atoms. The topological polar surface area (TPSA) is 84.2 Å². The van der Waals surface area contributed by atoms with E-state index in [1.165, 1.54) is 13.8 Å². The van der Waals surface area contributed by atoms with Gasteiger partial charge in [0.25, 0.3) is 0 Å². The Morgan fingerprint density at radius 1 is 1.12 bits per heavy atom. The van der Waals surface area contributed by atoms with Gasteiger partial charge in [0.05, 0.1) is 11.8 Å². The molecule has 0 heterocycles. The highest BCUT2D eigenvalue weighted by Crippen LogP contribution is 2.06. The first-order chi connectivity index (χ1) is 8.02. The lowest BCUT2D eigenvalue weighted by Gasteiger charge is -2.11. The van der Waals surface area contributed by atoms with E-state index < -0.39 is 0 Å². The molecule has 17 heavy (non-hydrogen) atoms. The van der Waals surface area contributed by atoms with Gasteiger partial charge in [-0.2, -0.15) is 0 Å². The summed E-state index contributed by atoms with van der Waals surface area (Å²) in [4.78, 5) is 21.2. The van der Waals surface area contributed by atoms with Crippen LogP contribution in [-0.4, -0.2) is 41.1 Å². The number of rotatable bonds is 9. The standard InChI is InChI=1S/C10H21N3O2S2/c1-8(14)12-6-16-4-3-10(11)5-17-7-13-9(2)15/h10H,3-7,11H2,1-2H3,(H,12,14)(H,13,15)/t10-/m0/s1. The SMILES string of the molecule is CC(=O)NCSCC[C@H](N)CSCNC(C)=O. The van der Waals surface area contributed by atoms with E-state index in [4.69, 9.17) is 5.73 Å². The van der Waals surface area contributed by atoms with Gasteiger partial charge in [-0.05, 0) is 12.2 Å². The molecule has 0 aliphatic rings. The predicted molar refractivity (Wildman–Crippen MR) is 74.9 cm³/mol. The molecule has 0 saturated heterocycles. The Hall–Kier alpha value is -0.400. The summed E-state index contributed by atoms with van der Waals surface area (Å²) in [7, 11) is 0. The predicted octanol–water partition coefficient (Wildman–Crippen LogP) is 0.357. The number of hydrogen-bond acceptors (Lipinski definition) is 5. The highest BCUT2D eigenvalue weighted by molar-refractivity contribution is 7.99. The average Bonchev–Trinajstić information content (AvgIpc) is 2.23. The van der Waals surface area contributed by atoms with Crippen LogP contribution >= 0.6 is 23.5 Å². The number of carbonyl (C=O) groups excluding carboxylic acids is 2. The van der Waals surface area contributed by atoms with Crippen LogP contribution in [0.5, 0.6) is 0 Å². The monoisotopic (exact) mass is 279 g/mol. The highest BCUT2D eigenvalue weighted by atomic mass is 32.2. The molecule has 5 nitrogen and oxygen atoms in total. The number of amides is 2. The maximum absolute atomic E-state index is 10.6. The van der Waals surface area contributed by atoms with Crippen molar-refractivity contribution in [1.29, 1.82) is 0 Å². The summed E-state index contributed by atoms with van der Waals surface area (Å²) in [5.41, 5.74) is 5.90. The van der Waals surface area contributed by atoms with E-state index >= 15 is 0 Å². The van der Waals surface area contributed by atoms with Gasteiger partial charge in [0, 0.05) is 25.6 Å². The second kappa shape index (κ2) is 10.7. The van der Waals surface area contributed by atoms with Crippen molar-refractivity contribution in [1.82, 2.24) is 10.6 Å². The first kappa shape index (κ1) is 16.6. The molecular weight excluding hydrogens is 258 g/mol. The smallest absolute Gasteiger partial charge is 0.217 e. The molecule has 2 amide bonds. The molecular formula is C10H21N3O2S2. The van der Waals surface area contributed by atoms with Crippen molar-refractivity contribution >= 4 is 35.3 Å². The third kappa shape index (κ3) is 13.5. The van der Waals surface area contributed by atoms with Crippen molar-refractivity contribution in [2.45, 2.75) is 26.3 Å². The molecule has 0 aliphatic heterocycles. The van der Waals surface area contributed by atoms with E-state index in [1.807, 2.05) is 0 Å². The third-order valence-corrected chi connectivity index (χ3v) is 3.70. The van der Waals surface area contributed by atoms with E-state index in [0.717, 1.165) is 17.9 Å². The van der Waals surface area contributed by atoms with Gasteiger partial charge in [0.2, 0.25) is 11.8 Å². The van der Waals surface area contributed by atoms with Gasteiger partial charge in [-0.1, -0.05) is 0 Å². The second-order valence-corrected chi connectivity index (χ2v) is 5.72. The lowest BCUT2D eigenvalue weighted by molar-refractivity contribution is -0.119. The number of nitrogens with one attached hydrogen (secondary N) is 2. The van der Waals surface area contributed by atoms with Crippen LogP contribution in [0.2, 0.25) is 0 Å². The van der Waals surface area contributed by atoms with E-state index in [2.05, 4.69) is 10.6 Å². The fourth-order valence-electron chi connectivity index (χ4n) is 0.906. The number of nitrogens with two attached hydrogens (primary N) is 1. The summed E-state index contributed by atoms with van der Waals surface area (Å²) < 4.78 is 0. The Morgan fingerprint density at radius 3 is 2.18 bits per heavy atom. The quantitative estimate of drug-likeness (QED) is 0.419. The summed E-state index contributed by atoms with van der Waals surface area (Å²) in [6, 6.07) is 0.138. The highest BCUT2D eigenvalue weighted by Gasteiger charge is 2.03. The van der Waals surface area contributed by atoms with Gasteiger partial charge < -0.3 is 16.4 Å². The molecule has 4 N–H and O–H groups in total. The van der Waals surface area contributed by atoms with Crippen molar-refractivity contribution in [3.05, 3.63) is 0 Å². The minimum Gasteiger partial charge on any atom is -0.347 e. The average molecular weight is 279 g/mol. The van der Waals surface area contributed by atoms with Crippen LogP contribution in [0.3, 0.4) is 0 Å². The summed E-state index contributed by atoms with van der Waals surface area (Å²) in [6.45, 7) is 3.00. The van der Waals surface area contributed by atoms with Crippen LogP contribution in [0.15, 0.2) is 0 Å². The van der Waals surface area contributed by atoms with E-state index in [0.29, 0.717) is 11.8 Å². The summed E-state index contributed by atoms with van der Waals surface area (Å²) in [5, 5.41) is 5.42. The molecule has 0 fully saturated rings. The molecule has 100 valence electrons. The zero-order valence-corrected chi connectivity index (χ0v) is 12.0. The van der Waals surface area contributed by atoms with Crippen molar-refractivity contribution in [2.24, 2.45) is 5.73 Å². The number of thioether (sulfide) groups is 2. The van der Waals surface area contributed by atoms with Crippen molar-refractivity contribution in [3.8, 4) is 0 Å². The first-order valence-electron chi connectivity index (χ1n) is 5.42. The largest absolute Gasteiger partial charge is 0.347 e. The van der Waals surface area contributed by atoms with E-state index in [-0.39, 0.29) is 17.9 Å². The van der Waals surface area contributed by atoms with Gasteiger partial charge in [-0.3, -0.25) is 9.59 Å². The maximum atomic E-state index is 10.6. The molecule has 7 heteroatoms. The van der Waals surface area contributed by atoms with Crippen LogP contribution in [0.25, 0.3) is 0 Å². The van der Waals surface area contributed by atoms with Crippen molar-refractivity contribution in [3.63, 3.8) is 0 Å². The van der Waals surface area contributed by atoms with Gasteiger partial charge in [-0.15, -0.1) is 23.5 Å². The van der Waals surface area contributed by atoms with Crippen LogP contribution in [0, 0.1) is 0 Å². The van der Waals surface area contributed by atoms with E-state index in [1.54, 1.807) is 23.5 Å². The Morgan fingerprint density at radius 2 is 1.65 bits per heavy atom. The summed E-state index contributed by atoms with van der Waals surface area (Å²) in [6.07, 6.45) is 0.914. The zero-order chi connectivity index (χ0) is 13.1. The van der Waals surface area contributed by atoms with Crippen LogP contribution in [0.4, 0.5) is 0 Å². The van der Waals surface area contributed by atoms with Gasteiger partial charge >= 0.3 is 0 Å². The Kier molecular flexibility index (Phi) is 10.5. The molecule has 0 unspecified atom stereocenters.